The molecule has 2 saturated heterocycles. The molecular formula is C11H19ClFN3O2. The SMILES string of the molecule is Cl.O=C1NC(CC2CCNCC2)C(=O)N1CCF. The fourth-order valence-electron chi connectivity index (χ4n) is 2.48. The van der Waals surface area contributed by atoms with Gasteiger partial charge in [0.25, 0.3) is 5.91 Å². The molecule has 2 rings (SSSR count). The van der Waals surface area contributed by atoms with E-state index in [9.17, 15) is 14.0 Å². The van der Waals surface area contributed by atoms with Crippen molar-refractivity contribution in [2.24, 2.45) is 5.92 Å². The van der Waals surface area contributed by atoms with Crippen molar-refractivity contribution in [2.45, 2.75) is 25.3 Å². The van der Waals surface area contributed by atoms with Gasteiger partial charge in [0.15, 0.2) is 0 Å². The Kier molecular flexibility index (Phi) is 5.81. The molecular weight excluding hydrogens is 261 g/mol. The Bertz CT molecular complexity index is 311. The number of rotatable bonds is 4. The monoisotopic (exact) mass is 279 g/mol. The highest BCUT2D eigenvalue weighted by Gasteiger charge is 2.38. The van der Waals surface area contributed by atoms with Crippen molar-refractivity contribution in [1.29, 1.82) is 0 Å². The van der Waals surface area contributed by atoms with Crippen molar-refractivity contribution >= 4 is 24.3 Å². The van der Waals surface area contributed by atoms with Crippen molar-refractivity contribution in [2.75, 3.05) is 26.3 Å². The Morgan fingerprint density at radius 1 is 1.28 bits per heavy atom. The summed E-state index contributed by atoms with van der Waals surface area (Å²) < 4.78 is 12.2. The lowest BCUT2D eigenvalue weighted by Crippen LogP contribution is -2.36. The molecule has 1 atom stereocenters. The largest absolute Gasteiger partial charge is 0.326 e. The van der Waals surface area contributed by atoms with E-state index in [1.54, 1.807) is 0 Å². The number of urea groups is 1. The number of piperidine rings is 1. The molecule has 2 aliphatic heterocycles. The lowest BCUT2D eigenvalue weighted by atomic mass is 9.91. The predicted octanol–water partition coefficient (Wildman–Crippen LogP) is 0.688. The standard InChI is InChI=1S/C11H18FN3O2.ClH/c12-3-6-15-10(16)9(14-11(15)17)7-8-1-4-13-5-2-8;/h8-9,13H,1-7H2,(H,14,17);1H. The molecule has 104 valence electrons. The molecule has 2 aliphatic rings. The third kappa shape index (κ3) is 3.32. The smallest absolute Gasteiger partial charge is 0.324 e. The van der Waals surface area contributed by atoms with Crippen molar-refractivity contribution in [3.8, 4) is 0 Å². The summed E-state index contributed by atoms with van der Waals surface area (Å²) in [5, 5.41) is 5.89. The van der Waals surface area contributed by atoms with Crippen LogP contribution in [0.4, 0.5) is 9.18 Å². The van der Waals surface area contributed by atoms with Crippen molar-refractivity contribution in [3.05, 3.63) is 0 Å². The first kappa shape index (κ1) is 15.2. The average molecular weight is 280 g/mol. The summed E-state index contributed by atoms with van der Waals surface area (Å²) in [5.74, 6) is 0.196. The molecule has 0 bridgehead atoms. The van der Waals surface area contributed by atoms with E-state index in [0.29, 0.717) is 12.3 Å². The average Bonchev–Trinajstić information content (AvgIpc) is 2.59. The zero-order valence-electron chi connectivity index (χ0n) is 10.2. The Morgan fingerprint density at radius 2 is 1.94 bits per heavy atom. The molecule has 2 fully saturated rings. The highest BCUT2D eigenvalue weighted by Crippen LogP contribution is 2.21. The van der Waals surface area contributed by atoms with Gasteiger partial charge in [-0.15, -0.1) is 12.4 Å². The topological polar surface area (TPSA) is 61.4 Å². The van der Waals surface area contributed by atoms with Gasteiger partial charge in [0, 0.05) is 0 Å². The summed E-state index contributed by atoms with van der Waals surface area (Å²) in [5.41, 5.74) is 0. The summed E-state index contributed by atoms with van der Waals surface area (Å²) in [4.78, 5) is 24.3. The number of carbonyl (C=O) groups is 2. The van der Waals surface area contributed by atoms with Crippen LogP contribution < -0.4 is 10.6 Å². The van der Waals surface area contributed by atoms with Gasteiger partial charge in [-0.05, 0) is 38.3 Å². The molecule has 18 heavy (non-hydrogen) atoms. The molecule has 0 aromatic carbocycles. The summed E-state index contributed by atoms with van der Waals surface area (Å²) in [7, 11) is 0. The van der Waals surface area contributed by atoms with Crippen molar-refractivity contribution in [3.63, 3.8) is 0 Å². The first-order chi connectivity index (χ1) is 8.22. The van der Waals surface area contributed by atoms with Gasteiger partial charge in [-0.1, -0.05) is 0 Å². The predicted molar refractivity (Wildman–Crippen MR) is 67.5 cm³/mol. The number of nitrogens with one attached hydrogen (secondary N) is 2. The van der Waals surface area contributed by atoms with Gasteiger partial charge in [-0.3, -0.25) is 9.69 Å². The maximum Gasteiger partial charge on any atom is 0.324 e. The van der Waals surface area contributed by atoms with E-state index in [0.717, 1.165) is 30.8 Å². The molecule has 0 saturated carbocycles. The van der Waals surface area contributed by atoms with Gasteiger partial charge in [0.2, 0.25) is 0 Å². The lowest BCUT2D eigenvalue weighted by molar-refractivity contribution is -0.128. The van der Waals surface area contributed by atoms with Crippen LogP contribution in [0.25, 0.3) is 0 Å². The minimum Gasteiger partial charge on any atom is -0.326 e. The number of hydrogen-bond acceptors (Lipinski definition) is 3. The number of alkyl halides is 1. The molecule has 2 heterocycles. The molecule has 5 nitrogen and oxygen atoms in total. The third-order valence-corrected chi connectivity index (χ3v) is 3.44. The van der Waals surface area contributed by atoms with Crippen LogP contribution in [0.3, 0.4) is 0 Å². The minimum absolute atomic E-state index is 0. The van der Waals surface area contributed by atoms with Crippen LogP contribution in [0.5, 0.6) is 0 Å². The molecule has 0 radical (unpaired) electrons. The summed E-state index contributed by atoms with van der Waals surface area (Å²) in [6.07, 6.45) is 2.74. The number of nitrogens with zero attached hydrogens (tertiary/aromatic N) is 1. The number of carbonyl (C=O) groups excluding carboxylic acids is 2. The van der Waals surface area contributed by atoms with Gasteiger partial charge >= 0.3 is 6.03 Å². The second kappa shape index (κ2) is 6.89. The number of hydrogen-bond donors (Lipinski definition) is 2. The second-order valence-electron chi connectivity index (χ2n) is 4.61. The minimum atomic E-state index is -0.681. The van der Waals surface area contributed by atoms with Gasteiger partial charge < -0.3 is 10.6 Å². The third-order valence-electron chi connectivity index (χ3n) is 3.44. The van der Waals surface area contributed by atoms with Crippen LogP contribution in [0.2, 0.25) is 0 Å². The van der Waals surface area contributed by atoms with Gasteiger partial charge in [0.1, 0.15) is 12.7 Å². The number of imide groups is 1. The van der Waals surface area contributed by atoms with E-state index in [1.807, 2.05) is 0 Å². The van der Waals surface area contributed by atoms with Crippen molar-refractivity contribution in [1.82, 2.24) is 15.5 Å². The molecule has 7 heteroatoms. The van der Waals surface area contributed by atoms with Gasteiger partial charge in [-0.2, -0.15) is 0 Å². The van der Waals surface area contributed by atoms with Crippen LogP contribution in [0.15, 0.2) is 0 Å². The maximum atomic E-state index is 12.2. The van der Waals surface area contributed by atoms with E-state index in [1.165, 1.54) is 0 Å². The lowest BCUT2D eigenvalue weighted by Gasteiger charge is -2.24. The van der Waals surface area contributed by atoms with Crippen LogP contribution >= 0.6 is 12.4 Å². The number of amides is 3. The van der Waals surface area contributed by atoms with E-state index in [2.05, 4.69) is 10.6 Å². The van der Waals surface area contributed by atoms with Gasteiger partial charge in [0.05, 0.1) is 6.54 Å². The maximum absolute atomic E-state index is 12.2. The highest BCUT2D eigenvalue weighted by molar-refractivity contribution is 6.04. The van der Waals surface area contributed by atoms with Gasteiger partial charge in [-0.25, -0.2) is 9.18 Å². The van der Waals surface area contributed by atoms with E-state index in [4.69, 9.17) is 0 Å². The number of halogens is 2. The molecule has 3 amide bonds. The molecule has 1 unspecified atom stereocenters. The normalized spacial score (nSPS) is 24.9. The Hall–Kier alpha value is -0.880. The van der Waals surface area contributed by atoms with Crippen LogP contribution in [0, 0.1) is 5.92 Å². The fraction of sp³-hybridized carbons (Fsp3) is 0.818. The Morgan fingerprint density at radius 3 is 2.56 bits per heavy atom. The zero-order chi connectivity index (χ0) is 12.3. The molecule has 2 N–H and O–H groups in total. The zero-order valence-corrected chi connectivity index (χ0v) is 11.0. The Labute approximate surface area is 112 Å². The van der Waals surface area contributed by atoms with Crippen LogP contribution in [-0.4, -0.2) is 49.2 Å². The Balaban J connectivity index is 0.00000162. The fourth-order valence-corrected chi connectivity index (χ4v) is 2.48. The first-order valence-electron chi connectivity index (χ1n) is 6.11. The molecule has 0 spiro atoms. The second-order valence-corrected chi connectivity index (χ2v) is 4.61. The van der Waals surface area contributed by atoms with E-state index in [-0.39, 0.29) is 24.9 Å². The van der Waals surface area contributed by atoms with Crippen LogP contribution in [-0.2, 0) is 4.79 Å². The summed E-state index contributed by atoms with van der Waals surface area (Å²) >= 11 is 0. The summed E-state index contributed by atoms with van der Waals surface area (Å²) in [6.45, 7) is 1.12. The van der Waals surface area contributed by atoms with Crippen LogP contribution in [0.1, 0.15) is 19.3 Å². The molecule has 0 aliphatic carbocycles. The van der Waals surface area contributed by atoms with E-state index < -0.39 is 18.7 Å². The van der Waals surface area contributed by atoms with Crippen molar-refractivity contribution < 1.29 is 14.0 Å². The highest BCUT2D eigenvalue weighted by atomic mass is 35.5. The van der Waals surface area contributed by atoms with E-state index >= 15 is 0 Å². The first-order valence-corrected chi connectivity index (χ1v) is 6.11. The molecule has 0 aromatic rings. The summed E-state index contributed by atoms with van der Waals surface area (Å²) in [6, 6.07) is -0.899. The quantitative estimate of drug-likeness (QED) is 0.745. The molecule has 0 aromatic heterocycles.